The second-order valence-corrected chi connectivity index (χ2v) is 7.25. The third-order valence-electron chi connectivity index (χ3n) is 6.02. The Hall–Kier alpha value is -2.43. The second-order valence-electron chi connectivity index (χ2n) is 7.25. The molecule has 0 spiro atoms. The van der Waals surface area contributed by atoms with Gasteiger partial charge in [0.2, 0.25) is 11.8 Å². The molecule has 0 unspecified atom stereocenters. The molecule has 5 nitrogen and oxygen atoms in total. The standard InChI is InChI=1S/C19H17NO4/c1-9(21)24-11-4-2-10(3-5-11)20-18(22)16-12-6-7-13(15-8-14(12)15)17(16)19(20)23/h2-7,12-17H,8H2,1H3/t12-,13+,14-,15-,16+,17+/m1/s1. The van der Waals surface area contributed by atoms with Gasteiger partial charge in [-0.1, -0.05) is 12.2 Å². The molecule has 122 valence electrons. The number of carbonyl (C=O) groups excluding carboxylic acids is 3. The van der Waals surface area contributed by atoms with Crippen molar-refractivity contribution in [1.82, 2.24) is 0 Å². The summed E-state index contributed by atoms with van der Waals surface area (Å²) in [5.41, 5.74) is 0.559. The van der Waals surface area contributed by atoms with Gasteiger partial charge >= 0.3 is 5.97 Å². The van der Waals surface area contributed by atoms with Crippen LogP contribution >= 0.6 is 0 Å². The van der Waals surface area contributed by atoms with Crippen LogP contribution in [0.4, 0.5) is 5.69 Å². The Morgan fingerprint density at radius 2 is 1.54 bits per heavy atom. The van der Waals surface area contributed by atoms with E-state index in [1.807, 2.05) is 0 Å². The van der Waals surface area contributed by atoms with Crippen molar-refractivity contribution >= 4 is 23.5 Å². The van der Waals surface area contributed by atoms with Crippen LogP contribution in [0.2, 0.25) is 0 Å². The Labute approximate surface area is 139 Å². The van der Waals surface area contributed by atoms with Crippen LogP contribution in [-0.4, -0.2) is 17.8 Å². The van der Waals surface area contributed by atoms with Crippen molar-refractivity contribution < 1.29 is 19.1 Å². The Morgan fingerprint density at radius 3 is 2.04 bits per heavy atom. The van der Waals surface area contributed by atoms with Crippen molar-refractivity contribution in [3.63, 3.8) is 0 Å². The summed E-state index contributed by atoms with van der Waals surface area (Å²) in [5.74, 6) is 1.14. The van der Waals surface area contributed by atoms with Gasteiger partial charge in [0.25, 0.3) is 0 Å². The SMILES string of the molecule is CC(=O)Oc1ccc(N2C(=O)[C@H]3[C@@H]4C=C[C@@H]([C@H]5C[C@H]45)[C@@H]3C2=O)cc1. The minimum atomic E-state index is -0.399. The van der Waals surface area contributed by atoms with Crippen molar-refractivity contribution in [3.05, 3.63) is 36.4 Å². The maximum Gasteiger partial charge on any atom is 0.308 e. The van der Waals surface area contributed by atoms with E-state index >= 15 is 0 Å². The quantitative estimate of drug-likeness (QED) is 0.362. The third kappa shape index (κ3) is 1.72. The van der Waals surface area contributed by atoms with Gasteiger partial charge in [-0.25, -0.2) is 0 Å². The minimum Gasteiger partial charge on any atom is -0.427 e. The lowest BCUT2D eigenvalue weighted by molar-refractivity contribution is -0.132. The number of carbonyl (C=O) groups is 3. The Bertz CT molecular complexity index is 760. The molecule has 24 heavy (non-hydrogen) atoms. The number of hydrogen-bond acceptors (Lipinski definition) is 4. The molecule has 5 heteroatoms. The molecule has 2 bridgehead atoms. The first kappa shape index (κ1) is 14.0. The lowest BCUT2D eigenvalue weighted by atomic mass is 9.63. The average molecular weight is 323 g/mol. The Balaban J connectivity index is 1.47. The van der Waals surface area contributed by atoms with Gasteiger partial charge in [-0.15, -0.1) is 0 Å². The largest absolute Gasteiger partial charge is 0.427 e. The first-order chi connectivity index (χ1) is 11.6. The monoisotopic (exact) mass is 323 g/mol. The summed E-state index contributed by atoms with van der Waals surface area (Å²) in [6.07, 6.45) is 5.49. The summed E-state index contributed by atoms with van der Waals surface area (Å²) in [6, 6.07) is 6.57. The van der Waals surface area contributed by atoms with Crippen molar-refractivity contribution in [3.8, 4) is 5.75 Å². The molecule has 2 saturated carbocycles. The van der Waals surface area contributed by atoms with Crippen LogP contribution in [0, 0.1) is 35.5 Å². The van der Waals surface area contributed by atoms with Gasteiger partial charge in [0, 0.05) is 6.92 Å². The van der Waals surface area contributed by atoms with Crippen molar-refractivity contribution in [2.24, 2.45) is 35.5 Å². The smallest absolute Gasteiger partial charge is 0.308 e. The molecule has 1 aromatic rings. The second kappa shape index (κ2) is 4.56. The van der Waals surface area contributed by atoms with E-state index in [-0.39, 0.29) is 35.5 Å². The highest BCUT2D eigenvalue weighted by Crippen LogP contribution is 2.65. The van der Waals surface area contributed by atoms with Crippen LogP contribution in [0.5, 0.6) is 5.75 Å². The zero-order chi connectivity index (χ0) is 16.6. The lowest BCUT2D eigenvalue weighted by Gasteiger charge is -2.37. The van der Waals surface area contributed by atoms with Gasteiger partial charge in [0.15, 0.2) is 0 Å². The zero-order valence-electron chi connectivity index (χ0n) is 13.2. The molecular formula is C19H17NO4. The van der Waals surface area contributed by atoms with Crippen LogP contribution < -0.4 is 9.64 Å². The molecule has 5 aliphatic rings. The molecule has 1 aromatic carbocycles. The first-order valence-corrected chi connectivity index (χ1v) is 8.41. The summed E-state index contributed by atoms with van der Waals surface area (Å²) in [7, 11) is 0. The van der Waals surface area contributed by atoms with Crippen molar-refractivity contribution in [1.29, 1.82) is 0 Å². The van der Waals surface area contributed by atoms with E-state index in [1.165, 1.54) is 11.8 Å². The highest BCUT2D eigenvalue weighted by molar-refractivity contribution is 6.22. The van der Waals surface area contributed by atoms with Crippen molar-refractivity contribution in [2.45, 2.75) is 13.3 Å². The lowest BCUT2D eigenvalue weighted by Crippen LogP contribution is -2.40. The number of rotatable bonds is 2. The Morgan fingerprint density at radius 1 is 1.00 bits per heavy atom. The number of ether oxygens (including phenoxy) is 1. The first-order valence-electron chi connectivity index (χ1n) is 8.41. The fourth-order valence-electron chi connectivity index (χ4n) is 5.04. The number of anilines is 1. The van der Waals surface area contributed by atoms with E-state index < -0.39 is 5.97 Å². The summed E-state index contributed by atoms with van der Waals surface area (Å²) in [6.45, 7) is 1.33. The van der Waals surface area contributed by atoms with Gasteiger partial charge in [-0.05, 0) is 54.4 Å². The van der Waals surface area contributed by atoms with E-state index in [0.29, 0.717) is 23.3 Å². The molecule has 6 atom stereocenters. The molecular weight excluding hydrogens is 306 g/mol. The molecule has 1 heterocycles. The van der Waals surface area contributed by atoms with Gasteiger partial charge in [0.1, 0.15) is 5.75 Å². The molecule has 3 fully saturated rings. The normalized spacial score (nSPS) is 38.1. The molecule has 4 aliphatic carbocycles. The van der Waals surface area contributed by atoms with E-state index in [4.69, 9.17) is 4.74 Å². The topological polar surface area (TPSA) is 63.7 Å². The van der Waals surface area contributed by atoms with Gasteiger partial charge in [0.05, 0.1) is 17.5 Å². The van der Waals surface area contributed by atoms with E-state index in [1.54, 1.807) is 24.3 Å². The Kier molecular flexibility index (Phi) is 2.65. The molecule has 0 N–H and O–H groups in total. The van der Waals surface area contributed by atoms with Crippen LogP contribution in [0.3, 0.4) is 0 Å². The molecule has 6 rings (SSSR count). The van der Waals surface area contributed by atoms with Crippen LogP contribution in [0.15, 0.2) is 36.4 Å². The molecule has 2 amide bonds. The average Bonchev–Trinajstić information content (AvgIpc) is 3.33. The van der Waals surface area contributed by atoms with Crippen molar-refractivity contribution in [2.75, 3.05) is 4.90 Å². The molecule has 0 radical (unpaired) electrons. The summed E-state index contributed by atoms with van der Waals surface area (Å²) in [4.78, 5) is 38.2. The van der Waals surface area contributed by atoms with Gasteiger partial charge in [-0.3, -0.25) is 19.3 Å². The molecule has 1 saturated heterocycles. The maximum atomic E-state index is 13.0. The van der Waals surface area contributed by atoms with E-state index in [2.05, 4.69) is 12.2 Å². The predicted molar refractivity (Wildman–Crippen MR) is 84.9 cm³/mol. The molecule has 1 aliphatic heterocycles. The highest BCUT2D eigenvalue weighted by Gasteiger charge is 2.67. The van der Waals surface area contributed by atoms with Crippen LogP contribution in [0.1, 0.15) is 13.3 Å². The number of esters is 1. The predicted octanol–water partition coefficient (Wildman–Crippen LogP) is 2.17. The number of benzene rings is 1. The summed E-state index contributed by atoms with van der Waals surface area (Å²) in [5, 5.41) is 0. The maximum absolute atomic E-state index is 13.0. The number of hydrogen-bond donors (Lipinski definition) is 0. The van der Waals surface area contributed by atoms with Crippen LogP contribution in [-0.2, 0) is 14.4 Å². The fraction of sp³-hybridized carbons (Fsp3) is 0.421. The highest BCUT2D eigenvalue weighted by atomic mass is 16.5. The van der Waals surface area contributed by atoms with Gasteiger partial charge in [-0.2, -0.15) is 0 Å². The number of imide groups is 1. The van der Waals surface area contributed by atoms with E-state index in [0.717, 1.165) is 6.42 Å². The summed E-state index contributed by atoms with van der Waals surface area (Å²) < 4.78 is 5.01. The summed E-state index contributed by atoms with van der Waals surface area (Å²) >= 11 is 0. The van der Waals surface area contributed by atoms with Gasteiger partial charge < -0.3 is 4.74 Å². The van der Waals surface area contributed by atoms with Crippen LogP contribution in [0.25, 0.3) is 0 Å². The molecule has 0 aromatic heterocycles. The zero-order valence-corrected chi connectivity index (χ0v) is 13.2. The van der Waals surface area contributed by atoms with E-state index in [9.17, 15) is 14.4 Å². The fourth-order valence-corrected chi connectivity index (χ4v) is 5.04. The number of allylic oxidation sites excluding steroid dienone is 2. The third-order valence-corrected chi connectivity index (χ3v) is 6.02. The number of nitrogens with zero attached hydrogens (tertiary/aromatic N) is 1. The number of amides is 2. The minimum absolute atomic E-state index is 0.0741.